The summed E-state index contributed by atoms with van der Waals surface area (Å²) in [5, 5.41) is 3.52. The van der Waals surface area contributed by atoms with Crippen LogP contribution < -0.4 is 0 Å². The van der Waals surface area contributed by atoms with Crippen molar-refractivity contribution in [1.82, 2.24) is 14.5 Å². The average molecular weight is 600 g/mol. The minimum absolute atomic E-state index is 0.718. The molecule has 0 aliphatic rings. The Kier molecular flexibility index (Phi) is 6.46. The van der Waals surface area contributed by atoms with Crippen LogP contribution in [0.3, 0.4) is 0 Å². The zero-order chi connectivity index (χ0) is 31.2. The Bertz CT molecular complexity index is 2550. The molecule has 2 heterocycles. The molecular weight excluding hydrogens is 571 g/mol. The number of nitrogens with zero attached hydrogens (tertiary/aromatic N) is 3. The van der Waals surface area contributed by atoms with Crippen molar-refractivity contribution in [2.45, 2.75) is 0 Å². The van der Waals surface area contributed by atoms with Crippen molar-refractivity contribution in [3.05, 3.63) is 176 Å². The number of rotatable bonds is 5. The van der Waals surface area contributed by atoms with E-state index in [9.17, 15) is 0 Å². The smallest absolute Gasteiger partial charge is 0.160 e. The van der Waals surface area contributed by atoms with Gasteiger partial charge in [-0.25, -0.2) is 9.97 Å². The molecule has 0 atom stereocenters. The molecule has 0 amide bonds. The fourth-order valence-corrected chi connectivity index (χ4v) is 6.73. The summed E-state index contributed by atoms with van der Waals surface area (Å²) in [7, 11) is 0. The molecule has 7 aromatic carbocycles. The van der Waals surface area contributed by atoms with E-state index in [1.54, 1.807) is 0 Å². The standard InChI is InChI=1S/C44H29N3/c1-4-13-30(14-5-1)32-17-12-18-35(27-32)44-45-40-26-24-33(28-39(40)43(46-44)31-15-6-2-7-16-31)34-23-25-38-37-21-10-11-22-41(37)47(42(38)29-34)36-19-8-3-9-20-36/h1-29H. The summed E-state index contributed by atoms with van der Waals surface area (Å²) in [5.74, 6) is 0.718. The second-order valence-corrected chi connectivity index (χ2v) is 11.9. The average Bonchev–Trinajstić information content (AvgIpc) is 3.49. The maximum Gasteiger partial charge on any atom is 0.160 e. The first-order valence-corrected chi connectivity index (χ1v) is 15.9. The summed E-state index contributed by atoms with van der Waals surface area (Å²) >= 11 is 0. The summed E-state index contributed by atoms with van der Waals surface area (Å²) in [6.45, 7) is 0. The van der Waals surface area contributed by atoms with Crippen molar-refractivity contribution >= 4 is 32.7 Å². The van der Waals surface area contributed by atoms with E-state index in [4.69, 9.17) is 9.97 Å². The third-order valence-electron chi connectivity index (χ3n) is 8.99. The molecule has 2 aromatic heterocycles. The largest absolute Gasteiger partial charge is 0.309 e. The molecular formula is C44H29N3. The van der Waals surface area contributed by atoms with Crippen LogP contribution in [0.1, 0.15) is 0 Å². The third-order valence-corrected chi connectivity index (χ3v) is 8.99. The Labute approximate surface area is 273 Å². The monoisotopic (exact) mass is 599 g/mol. The lowest BCUT2D eigenvalue weighted by molar-refractivity contribution is 1.18. The summed E-state index contributed by atoms with van der Waals surface area (Å²) < 4.78 is 2.36. The van der Waals surface area contributed by atoms with Crippen LogP contribution in [-0.4, -0.2) is 14.5 Å². The van der Waals surface area contributed by atoms with Gasteiger partial charge < -0.3 is 4.57 Å². The maximum atomic E-state index is 5.23. The molecule has 220 valence electrons. The highest BCUT2D eigenvalue weighted by atomic mass is 15.0. The molecule has 0 aliphatic carbocycles. The van der Waals surface area contributed by atoms with Crippen LogP contribution in [0.2, 0.25) is 0 Å². The minimum Gasteiger partial charge on any atom is -0.309 e. The van der Waals surface area contributed by atoms with Gasteiger partial charge in [-0.2, -0.15) is 0 Å². The summed E-state index contributed by atoms with van der Waals surface area (Å²) in [4.78, 5) is 10.3. The lowest BCUT2D eigenvalue weighted by atomic mass is 9.98. The normalized spacial score (nSPS) is 11.4. The van der Waals surface area contributed by atoms with Crippen LogP contribution in [0.4, 0.5) is 0 Å². The van der Waals surface area contributed by atoms with Gasteiger partial charge in [-0.15, -0.1) is 0 Å². The van der Waals surface area contributed by atoms with Gasteiger partial charge in [0, 0.05) is 33.0 Å². The molecule has 9 rings (SSSR count). The first kappa shape index (κ1) is 27.0. The lowest BCUT2D eigenvalue weighted by Gasteiger charge is -2.12. The number of aromatic nitrogens is 3. The van der Waals surface area contributed by atoms with Gasteiger partial charge in [0.1, 0.15) is 0 Å². The highest BCUT2D eigenvalue weighted by Crippen LogP contribution is 2.37. The number of fused-ring (bicyclic) bond motifs is 4. The second kappa shape index (κ2) is 11.2. The Morgan fingerprint density at radius 2 is 0.936 bits per heavy atom. The van der Waals surface area contributed by atoms with Gasteiger partial charge in [-0.3, -0.25) is 0 Å². The van der Waals surface area contributed by atoms with Gasteiger partial charge in [0.05, 0.1) is 22.2 Å². The van der Waals surface area contributed by atoms with Gasteiger partial charge in [0.2, 0.25) is 0 Å². The summed E-state index contributed by atoms with van der Waals surface area (Å²) in [6, 6.07) is 62.0. The minimum atomic E-state index is 0.718. The van der Waals surface area contributed by atoms with Gasteiger partial charge in [-0.1, -0.05) is 133 Å². The molecule has 9 aromatic rings. The Morgan fingerprint density at radius 3 is 1.74 bits per heavy atom. The fraction of sp³-hybridized carbons (Fsp3) is 0. The molecule has 0 N–H and O–H groups in total. The molecule has 47 heavy (non-hydrogen) atoms. The maximum absolute atomic E-state index is 5.23. The van der Waals surface area contributed by atoms with Crippen molar-refractivity contribution in [3.63, 3.8) is 0 Å². The Hall–Kier alpha value is -6.32. The van der Waals surface area contributed by atoms with E-state index in [1.165, 1.54) is 27.4 Å². The molecule has 0 unspecified atom stereocenters. The van der Waals surface area contributed by atoms with E-state index in [0.717, 1.165) is 55.9 Å². The van der Waals surface area contributed by atoms with Crippen LogP contribution in [0.25, 0.3) is 83.3 Å². The number of hydrogen-bond acceptors (Lipinski definition) is 2. The Balaban J connectivity index is 1.22. The van der Waals surface area contributed by atoms with Crippen LogP contribution in [0, 0.1) is 0 Å². The van der Waals surface area contributed by atoms with Gasteiger partial charge in [0.15, 0.2) is 5.82 Å². The van der Waals surface area contributed by atoms with E-state index >= 15 is 0 Å². The Morgan fingerprint density at radius 1 is 0.340 bits per heavy atom. The molecule has 0 saturated heterocycles. The van der Waals surface area contributed by atoms with Crippen LogP contribution in [-0.2, 0) is 0 Å². The van der Waals surface area contributed by atoms with E-state index in [0.29, 0.717) is 0 Å². The topological polar surface area (TPSA) is 30.7 Å². The van der Waals surface area contributed by atoms with E-state index in [-0.39, 0.29) is 0 Å². The second-order valence-electron chi connectivity index (χ2n) is 11.9. The van der Waals surface area contributed by atoms with Crippen LogP contribution >= 0.6 is 0 Å². The molecule has 0 aliphatic heterocycles. The van der Waals surface area contributed by atoms with E-state index in [2.05, 4.69) is 168 Å². The third kappa shape index (κ3) is 4.77. The van der Waals surface area contributed by atoms with Crippen molar-refractivity contribution in [2.24, 2.45) is 0 Å². The fourth-order valence-electron chi connectivity index (χ4n) is 6.73. The zero-order valence-corrected chi connectivity index (χ0v) is 25.6. The van der Waals surface area contributed by atoms with Crippen molar-refractivity contribution < 1.29 is 0 Å². The van der Waals surface area contributed by atoms with Gasteiger partial charge in [-0.05, 0) is 64.7 Å². The predicted molar refractivity (Wildman–Crippen MR) is 196 cm³/mol. The number of benzene rings is 7. The van der Waals surface area contributed by atoms with Crippen LogP contribution in [0.15, 0.2) is 176 Å². The molecule has 0 radical (unpaired) electrons. The highest BCUT2D eigenvalue weighted by Gasteiger charge is 2.16. The van der Waals surface area contributed by atoms with Crippen molar-refractivity contribution in [1.29, 1.82) is 0 Å². The van der Waals surface area contributed by atoms with Crippen molar-refractivity contribution in [3.8, 4) is 50.6 Å². The quantitative estimate of drug-likeness (QED) is 0.197. The van der Waals surface area contributed by atoms with Gasteiger partial charge >= 0.3 is 0 Å². The molecule has 0 saturated carbocycles. The molecule has 3 nitrogen and oxygen atoms in total. The SMILES string of the molecule is c1ccc(-c2cccc(-c3nc(-c4ccccc4)c4cc(-c5ccc6c7ccccc7n(-c7ccccc7)c6c5)ccc4n3)c2)cc1. The molecule has 0 bridgehead atoms. The predicted octanol–water partition coefficient (Wildman–Crippen LogP) is 11.4. The van der Waals surface area contributed by atoms with Crippen molar-refractivity contribution in [2.75, 3.05) is 0 Å². The highest BCUT2D eigenvalue weighted by molar-refractivity contribution is 6.10. The number of para-hydroxylation sites is 2. The zero-order valence-electron chi connectivity index (χ0n) is 25.6. The summed E-state index contributed by atoms with van der Waals surface area (Å²) in [6.07, 6.45) is 0. The first-order chi connectivity index (χ1) is 23.3. The molecule has 0 fully saturated rings. The van der Waals surface area contributed by atoms with Crippen LogP contribution in [0.5, 0.6) is 0 Å². The van der Waals surface area contributed by atoms with E-state index in [1.807, 2.05) is 12.1 Å². The number of hydrogen-bond donors (Lipinski definition) is 0. The van der Waals surface area contributed by atoms with Gasteiger partial charge in [0.25, 0.3) is 0 Å². The summed E-state index contributed by atoms with van der Waals surface area (Å²) in [5.41, 5.74) is 12.0. The van der Waals surface area contributed by atoms with E-state index < -0.39 is 0 Å². The molecule has 3 heteroatoms. The first-order valence-electron chi connectivity index (χ1n) is 15.9. The lowest BCUT2D eigenvalue weighted by Crippen LogP contribution is -1.96. The molecule has 0 spiro atoms.